The molecule has 0 aliphatic carbocycles. The van der Waals surface area contributed by atoms with Crippen molar-refractivity contribution in [3.05, 3.63) is 49.5 Å². The maximum Gasteiger partial charge on any atom is 0.267 e. The van der Waals surface area contributed by atoms with Crippen LogP contribution in [-0.4, -0.2) is 40.0 Å². The molecule has 0 unspecified atom stereocenters. The molecule has 0 aromatic carbocycles. The zero-order valence-electron chi connectivity index (χ0n) is 14.2. The molecular formula is C18H18N4OS2. The number of hydrogen-bond acceptors (Lipinski definition) is 6. The third-order valence-corrected chi connectivity index (χ3v) is 7.18. The molecule has 25 heavy (non-hydrogen) atoms. The lowest BCUT2D eigenvalue weighted by Gasteiger charge is -2.21. The molecule has 0 bridgehead atoms. The van der Waals surface area contributed by atoms with Crippen LogP contribution in [0.3, 0.4) is 0 Å². The summed E-state index contributed by atoms with van der Waals surface area (Å²) in [6.07, 6.45) is 0.922. The highest BCUT2D eigenvalue weighted by Gasteiger charge is 2.28. The van der Waals surface area contributed by atoms with Gasteiger partial charge >= 0.3 is 0 Å². The van der Waals surface area contributed by atoms with Crippen molar-refractivity contribution in [2.24, 2.45) is 0 Å². The maximum absolute atomic E-state index is 13.5. The van der Waals surface area contributed by atoms with Gasteiger partial charge in [-0.05, 0) is 30.5 Å². The Morgan fingerprint density at radius 2 is 2.12 bits per heavy atom. The van der Waals surface area contributed by atoms with Crippen molar-refractivity contribution < 1.29 is 0 Å². The van der Waals surface area contributed by atoms with Crippen LogP contribution in [-0.2, 0) is 19.5 Å². The first kappa shape index (κ1) is 15.3. The highest BCUT2D eigenvalue weighted by molar-refractivity contribution is 7.18. The minimum atomic E-state index is 0.0739. The first-order valence-electron chi connectivity index (χ1n) is 8.27. The van der Waals surface area contributed by atoms with Crippen LogP contribution in [0.5, 0.6) is 0 Å². The van der Waals surface area contributed by atoms with Crippen molar-refractivity contribution in [1.82, 2.24) is 19.4 Å². The van der Waals surface area contributed by atoms with Crippen LogP contribution in [0, 0.1) is 0 Å². The summed E-state index contributed by atoms with van der Waals surface area (Å²) in [5, 5.41) is 2.84. The van der Waals surface area contributed by atoms with Gasteiger partial charge < -0.3 is 9.80 Å². The smallest absolute Gasteiger partial charge is 0.267 e. The average Bonchev–Trinajstić information content (AvgIpc) is 3.15. The van der Waals surface area contributed by atoms with Crippen LogP contribution in [0.2, 0.25) is 0 Å². The summed E-state index contributed by atoms with van der Waals surface area (Å²) in [5.41, 5.74) is 3.15. The third-order valence-electron chi connectivity index (χ3n) is 5.12. The van der Waals surface area contributed by atoms with Gasteiger partial charge in [0.25, 0.3) is 5.56 Å². The Morgan fingerprint density at radius 1 is 1.28 bits per heavy atom. The van der Waals surface area contributed by atoms with Gasteiger partial charge in [0.15, 0.2) is 0 Å². The fraction of sp³-hybridized carbons (Fsp3) is 0.333. The van der Waals surface area contributed by atoms with E-state index in [9.17, 15) is 4.79 Å². The monoisotopic (exact) mass is 370 g/mol. The largest absolute Gasteiger partial charge is 0.366 e. The molecule has 5 rings (SSSR count). The number of thiophene rings is 2. The Labute approximate surface area is 153 Å². The summed E-state index contributed by atoms with van der Waals surface area (Å²) in [7, 11) is 4.13. The molecule has 5 nitrogen and oxygen atoms in total. The summed E-state index contributed by atoms with van der Waals surface area (Å²) in [4.78, 5) is 26.0. The second-order valence-electron chi connectivity index (χ2n) is 6.78. The summed E-state index contributed by atoms with van der Waals surface area (Å²) in [5.74, 6) is 0.797. The van der Waals surface area contributed by atoms with E-state index in [0.717, 1.165) is 51.8 Å². The van der Waals surface area contributed by atoms with E-state index < -0.39 is 0 Å². The van der Waals surface area contributed by atoms with Crippen LogP contribution in [0.1, 0.15) is 21.1 Å². The van der Waals surface area contributed by atoms with Crippen molar-refractivity contribution in [2.45, 2.75) is 19.5 Å². The predicted octanol–water partition coefficient (Wildman–Crippen LogP) is 2.91. The number of nitrogens with zero attached hydrogens (tertiary/aromatic N) is 4. The molecule has 7 heteroatoms. The first-order chi connectivity index (χ1) is 12.0. The van der Waals surface area contributed by atoms with Crippen LogP contribution < -0.4 is 5.56 Å². The lowest BCUT2D eigenvalue weighted by atomic mass is 10.1. The van der Waals surface area contributed by atoms with Gasteiger partial charge in [0.1, 0.15) is 10.7 Å². The Kier molecular flexibility index (Phi) is 3.22. The van der Waals surface area contributed by atoms with Gasteiger partial charge in [0.05, 0.1) is 22.5 Å². The van der Waals surface area contributed by atoms with E-state index in [4.69, 9.17) is 4.98 Å². The predicted molar refractivity (Wildman–Crippen MR) is 104 cm³/mol. The lowest BCUT2D eigenvalue weighted by Crippen LogP contribution is -2.28. The van der Waals surface area contributed by atoms with Gasteiger partial charge in [0.2, 0.25) is 0 Å². The minimum Gasteiger partial charge on any atom is -0.366 e. The highest BCUT2D eigenvalue weighted by atomic mass is 32.1. The summed E-state index contributed by atoms with van der Waals surface area (Å²) >= 11 is 3.30. The van der Waals surface area contributed by atoms with E-state index >= 15 is 0 Å². The van der Waals surface area contributed by atoms with E-state index in [-0.39, 0.29) is 5.56 Å². The van der Waals surface area contributed by atoms with Gasteiger partial charge in [-0.25, -0.2) is 4.98 Å². The van der Waals surface area contributed by atoms with Crippen molar-refractivity contribution >= 4 is 38.6 Å². The highest BCUT2D eigenvalue weighted by Crippen LogP contribution is 2.36. The number of aromatic nitrogens is 2. The Bertz CT molecular complexity index is 1090. The molecule has 5 heterocycles. The number of likely N-dealkylation sites (N-methyl/N-ethyl adjacent to an activating group) is 1. The zero-order chi connectivity index (χ0) is 17.3. The summed E-state index contributed by atoms with van der Waals surface area (Å²) in [6.45, 7) is 6.70. The van der Waals surface area contributed by atoms with Gasteiger partial charge in [-0.1, -0.05) is 6.58 Å². The van der Waals surface area contributed by atoms with Crippen LogP contribution >= 0.6 is 22.7 Å². The second kappa shape index (κ2) is 5.27. The van der Waals surface area contributed by atoms with Crippen molar-refractivity contribution in [3.63, 3.8) is 0 Å². The average molecular weight is 371 g/mol. The van der Waals surface area contributed by atoms with Crippen molar-refractivity contribution in [2.75, 3.05) is 20.6 Å². The molecule has 0 saturated heterocycles. The fourth-order valence-electron chi connectivity index (χ4n) is 3.74. The quantitative estimate of drug-likeness (QED) is 0.610. The fourth-order valence-corrected chi connectivity index (χ4v) is 5.96. The first-order valence-corrected chi connectivity index (χ1v) is 9.97. The normalized spacial score (nSPS) is 17.4. The van der Waals surface area contributed by atoms with E-state index in [0.29, 0.717) is 6.54 Å². The van der Waals surface area contributed by atoms with E-state index in [1.165, 1.54) is 10.4 Å². The molecule has 0 N–H and O–H groups in total. The number of fused-ring (bicyclic) bond motifs is 6. The molecule has 2 aliphatic rings. The lowest BCUT2D eigenvalue weighted by molar-refractivity contribution is 0.318. The molecule has 0 atom stereocenters. The van der Waals surface area contributed by atoms with E-state index in [1.54, 1.807) is 22.7 Å². The van der Waals surface area contributed by atoms with Crippen molar-refractivity contribution in [3.8, 4) is 5.69 Å². The standard InChI is InChI=1S/C18H18N4OS2/c1-10-16-12(5-7-24-16)22-14(9-21(10)3)19-17-15(18(22)23)11-4-6-20(2)8-13(11)25-17/h5,7H,1,4,6,8-9H2,2-3H3. The molecule has 0 amide bonds. The van der Waals surface area contributed by atoms with Crippen LogP contribution in [0.25, 0.3) is 21.6 Å². The molecule has 0 fully saturated rings. The van der Waals surface area contributed by atoms with Gasteiger partial charge in [-0.3, -0.25) is 9.36 Å². The van der Waals surface area contributed by atoms with Gasteiger partial charge in [-0.15, -0.1) is 22.7 Å². The Morgan fingerprint density at radius 3 is 2.96 bits per heavy atom. The SMILES string of the molecule is C=C1c2sccc2-n2c(nc3sc4c(c3c2=O)CCN(C)C4)CN1C. The molecular weight excluding hydrogens is 352 g/mol. The molecule has 0 saturated carbocycles. The van der Waals surface area contributed by atoms with Crippen LogP contribution in [0.15, 0.2) is 22.8 Å². The second-order valence-corrected chi connectivity index (χ2v) is 8.78. The topological polar surface area (TPSA) is 41.4 Å². The summed E-state index contributed by atoms with van der Waals surface area (Å²) < 4.78 is 1.81. The molecule has 2 aliphatic heterocycles. The van der Waals surface area contributed by atoms with E-state index in [1.807, 2.05) is 23.1 Å². The summed E-state index contributed by atoms with van der Waals surface area (Å²) in [6, 6.07) is 2.01. The maximum atomic E-state index is 13.5. The molecule has 128 valence electrons. The third kappa shape index (κ3) is 2.09. The van der Waals surface area contributed by atoms with Gasteiger partial charge in [-0.2, -0.15) is 0 Å². The van der Waals surface area contributed by atoms with E-state index in [2.05, 4.69) is 23.4 Å². The molecule has 3 aromatic rings. The molecule has 3 aromatic heterocycles. The Balaban J connectivity index is 1.86. The zero-order valence-corrected chi connectivity index (χ0v) is 15.8. The van der Waals surface area contributed by atoms with Crippen molar-refractivity contribution in [1.29, 1.82) is 0 Å². The molecule has 0 spiro atoms. The number of rotatable bonds is 0. The minimum absolute atomic E-state index is 0.0739. The molecule has 0 radical (unpaired) electrons. The Hall–Kier alpha value is -1.96. The van der Waals surface area contributed by atoms with Gasteiger partial charge in [0, 0.05) is 30.7 Å². The van der Waals surface area contributed by atoms with Crippen LogP contribution in [0.4, 0.5) is 0 Å². The number of hydrogen-bond donors (Lipinski definition) is 0.